The Morgan fingerprint density at radius 2 is 1.89 bits per heavy atom. The van der Waals surface area contributed by atoms with Crippen LogP contribution in [0.4, 0.5) is 5.82 Å². The average Bonchev–Trinajstić information content (AvgIpc) is 3.41. The van der Waals surface area contributed by atoms with Gasteiger partial charge in [0.2, 0.25) is 0 Å². The van der Waals surface area contributed by atoms with Crippen molar-refractivity contribution in [2.75, 3.05) is 5.32 Å². The molecule has 3 aromatic heterocycles. The molecular formula is C20H21N3O3S2. The first-order valence-electron chi connectivity index (χ1n) is 8.80. The van der Waals surface area contributed by atoms with Crippen molar-refractivity contribution in [3.8, 4) is 0 Å². The van der Waals surface area contributed by atoms with Gasteiger partial charge in [0.15, 0.2) is 6.10 Å². The summed E-state index contributed by atoms with van der Waals surface area (Å²) in [5.41, 5.74) is 0.435. The van der Waals surface area contributed by atoms with Crippen molar-refractivity contribution < 1.29 is 14.3 Å². The molecule has 146 valence electrons. The third-order valence-electron chi connectivity index (χ3n) is 3.90. The number of thiophene rings is 2. The van der Waals surface area contributed by atoms with Crippen molar-refractivity contribution in [2.24, 2.45) is 0 Å². The first-order chi connectivity index (χ1) is 13.5. The maximum atomic E-state index is 12.8. The Hall–Kier alpha value is -2.71. The van der Waals surface area contributed by atoms with Crippen LogP contribution in [-0.4, -0.2) is 27.8 Å². The lowest BCUT2D eigenvalue weighted by Gasteiger charge is -2.16. The van der Waals surface area contributed by atoms with E-state index < -0.39 is 18.0 Å². The third-order valence-corrected chi connectivity index (χ3v) is 5.62. The number of rotatable bonds is 7. The summed E-state index contributed by atoms with van der Waals surface area (Å²) in [6, 6.07) is 9.38. The molecule has 8 heteroatoms. The molecule has 0 fully saturated rings. The highest BCUT2D eigenvalue weighted by molar-refractivity contribution is 7.12. The number of aromatic nitrogens is 2. The van der Waals surface area contributed by atoms with E-state index in [4.69, 9.17) is 4.74 Å². The molecule has 28 heavy (non-hydrogen) atoms. The number of ether oxygens (including phenoxy) is 1. The number of amides is 1. The van der Waals surface area contributed by atoms with Crippen LogP contribution in [0.5, 0.6) is 0 Å². The lowest BCUT2D eigenvalue weighted by atomic mass is 10.2. The Balaban J connectivity index is 1.72. The van der Waals surface area contributed by atoms with Gasteiger partial charge in [0, 0.05) is 21.9 Å². The molecule has 1 N–H and O–H groups in total. The SMILES string of the molecule is CC(C)n1nccc1NC(=O)[C@H](C)OC(=O)/C(=C/c1cccs1)c1cccs1. The molecular weight excluding hydrogens is 394 g/mol. The largest absolute Gasteiger partial charge is 0.449 e. The lowest BCUT2D eigenvalue weighted by Crippen LogP contribution is -2.31. The second kappa shape index (κ2) is 8.99. The molecule has 6 nitrogen and oxygen atoms in total. The quantitative estimate of drug-likeness (QED) is 0.448. The van der Waals surface area contributed by atoms with Crippen LogP contribution in [0.1, 0.15) is 36.6 Å². The van der Waals surface area contributed by atoms with Crippen molar-refractivity contribution >= 4 is 52.0 Å². The minimum absolute atomic E-state index is 0.0994. The highest BCUT2D eigenvalue weighted by Gasteiger charge is 2.23. The molecule has 0 saturated carbocycles. The van der Waals surface area contributed by atoms with E-state index in [-0.39, 0.29) is 6.04 Å². The molecule has 0 aliphatic rings. The number of esters is 1. The number of anilines is 1. The van der Waals surface area contributed by atoms with Crippen LogP contribution in [-0.2, 0) is 14.3 Å². The number of nitrogens with zero attached hydrogens (tertiary/aromatic N) is 2. The van der Waals surface area contributed by atoms with Crippen molar-refractivity contribution in [1.82, 2.24) is 9.78 Å². The molecule has 0 bridgehead atoms. The van der Waals surface area contributed by atoms with Gasteiger partial charge in [-0.25, -0.2) is 9.48 Å². The maximum absolute atomic E-state index is 12.8. The summed E-state index contributed by atoms with van der Waals surface area (Å²) in [5.74, 6) is -0.372. The topological polar surface area (TPSA) is 73.2 Å². The molecule has 0 aromatic carbocycles. The molecule has 0 saturated heterocycles. The van der Waals surface area contributed by atoms with Crippen LogP contribution >= 0.6 is 22.7 Å². The predicted octanol–water partition coefficient (Wildman–Crippen LogP) is 4.70. The van der Waals surface area contributed by atoms with Gasteiger partial charge in [-0.1, -0.05) is 12.1 Å². The fourth-order valence-electron chi connectivity index (χ4n) is 2.51. The number of carbonyl (C=O) groups is 2. The molecule has 0 aliphatic heterocycles. The van der Waals surface area contributed by atoms with Gasteiger partial charge in [-0.2, -0.15) is 5.10 Å². The Bertz CT molecular complexity index is 957. The molecule has 0 unspecified atom stereocenters. The van der Waals surface area contributed by atoms with Gasteiger partial charge in [0.25, 0.3) is 5.91 Å². The predicted molar refractivity (Wildman–Crippen MR) is 113 cm³/mol. The fraction of sp³-hybridized carbons (Fsp3) is 0.250. The van der Waals surface area contributed by atoms with E-state index in [1.807, 2.05) is 48.9 Å². The Morgan fingerprint density at radius 1 is 1.14 bits per heavy atom. The Kier molecular flexibility index (Phi) is 6.43. The minimum atomic E-state index is -0.949. The number of hydrogen-bond acceptors (Lipinski definition) is 6. The van der Waals surface area contributed by atoms with E-state index in [0.717, 1.165) is 9.75 Å². The average molecular weight is 416 g/mol. The number of hydrogen-bond donors (Lipinski definition) is 1. The van der Waals surface area contributed by atoms with Crippen LogP contribution in [0.25, 0.3) is 11.6 Å². The second-order valence-electron chi connectivity index (χ2n) is 6.34. The molecule has 0 spiro atoms. The summed E-state index contributed by atoms with van der Waals surface area (Å²) in [5, 5.41) is 10.8. The zero-order chi connectivity index (χ0) is 20.1. The van der Waals surface area contributed by atoms with Crippen LogP contribution in [0.3, 0.4) is 0 Å². The summed E-state index contributed by atoms with van der Waals surface area (Å²) < 4.78 is 7.15. The minimum Gasteiger partial charge on any atom is -0.449 e. The van der Waals surface area contributed by atoms with E-state index in [1.165, 1.54) is 22.7 Å². The molecule has 3 rings (SSSR count). The van der Waals surface area contributed by atoms with E-state index >= 15 is 0 Å². The Labute approximate surface area is 171 Å². The maximum Gasteiger partial charge on any atom is 0.340 e. The number of nitrogens with one attached hydrogen (secondary N) is 1. The summed E-state index contributed by atoms with van der Waals surface area (Å²) in [7, 11) is 0. The van der Waals surface area contributed by atoms with Crippen LogP contribution in [0.15, 0.2) is 47.3 Å². The van der Waals surface area contributed by atoms with E-state index in [0.29, 0.717) is 11.4 Å². The zero-order valence-corrected chi connectivity index (χ0v) is 17.4. The van der Waals surface area contributed by atoms with Crippen molar-refractivity contribution in [1.29, 1.82) is 0 Å². The van der Waals surface area contributed by atoms with E-state index in [1.54, 1.807) is 29.9 Å². The van der Waals surface area contributed by atoms with Gasteiger partial charge in [-0.15, -0.1) is 22.7 Å². The van der Waals surface area contributed by atoms with Crippen LogP contribution in [0, 0.1) is 0 Å². The second-order valence-corrected chi connectivity index (χ2v) is 8.27. The fourth-order valence-corrected chi connectivity index (χ4v) is 3.90. The number of carbonyl (C=O) groups excluding carboxylic acids is 2. The first kappa shape index (κ1) is 20.0. The van der Waals surface area contributed by atoms with Gasteiger partial charge in [-0.3, -0.25) is 4.79 Å². The summed E-state index contributed by atoms with van der Waals surface area (Å²) in [4.78, 5) is 27.0. The molecule has 1 atom stereocenters. The summed E-state index contributed by atoms with van der Waals surface area (Å²) in [6.45, 7) is 5.49. The molecule has 0 aliphatic carbocycles. The normalized spacial score (nSPS) is 12.8. The highest BCUT2D eigenvalue weighted by atomic mass is 32.1. The standard InChI is InChI=1S/C20H21N3O3S2/c1-13(2)23-18(8-9-21-23)22-19(24)14(3)26-20(25)16(17-7-5-11-28-17)12-15-6-4-10-27-15/h4-14H,1-3H3,(H,22,24)/b16-12+/t14-/m0/s1. The van der Waals surface area contributed by atoms with Crippen molar-refractivity contribution in [2.45, 2.75) is 32.9 Å². The van der Waals surface area contributed by atoms with Gasteiger partial charge in [-0.05, 0) is 49.7 Å². The van der Waals surface area contributed by atoms with Gasteiger partial charge in [0.1, 0.15) is 5.82 Å². The highest BCUT2D eigenvalue weighted by Crippen LogP contribution is 2.26. The monoisotopic (exact) mass is 415 g/mol. The van der Waals surface area contributed by atoms with Gasteiger partial charge < -0.3 is 10.1 Å². The molecule has 0 radical (unpaired) electrons. The van der Waals surface area contributed by atoms with Gasteiger partial charge in [0.05, 0.1) is 11.8 Å². The molecule has 1 amide bonds. The van der Waals surface area contributed by atoms with Crippen molar-refractivity contribution in [3.05, 3.63) is 57.0 Å². The first-order valence-corrected chi connectivity index (χ1v) is 10.6. The zero-order valence-electron chi connectivity index (χ0n) is 15.8. The third kappa shape index (κ3) is 4.76. The summed E-state index contributed by atoms with van der Waals surface area (Å²) >= 11 is 2.98. The van der Waals surface area contributed by atoms with Gasteiger partial charge >= 0.3 is 5.97 Å². The summed E-state index contributed by atoms with van der Waals surface area (Å²) in [6.07, 6.45) is 2.46. The lowest BCUT2D eigenvalue weighted by molar-refractivity contribution is -0.147. The Morgan fingerprint density at radius 3 is 2.54 bits per heavy atom. The molecule has 3 heterocycles. The van der Waals surface area contributed by atoms with Crippen LogP contribution < -0.4 is 5.32 Å². The van der Waals surface area contributed by atoms with Crippen molar-refractivity contribution in [3.63, 3.8) is 0 Å². The van der Waals surface area contributed by atoms with Crippen LogP contribution in [0.2, 0.25) is 0 Å². The molecule has 3 aromatic rings. The van der Waals surface area contributed by atoms with E-state index in [9.17, 15) is 9.59 Å². The van der Waals surface area contributed by atoms with E-state index in [2.05, 4.69) is 10.4 Å². The smallest absolute Gasteiger partial charge is 0.340 e.